The summed E-state index contributed by atoms with van der Waals surface area (Å²) in [5.74, 6) is -0.669. The number of ether oxygens (including phenoxy) is 1. The third kappa shape index (κ3) is 5.38. The maximum absolute atomic E-state index is 13.1. The summed E-state index contributed by atoms with van der Waals surface area (Å²) in [5.41, 5.74) is 0.472. The van der Waals surface area contributed by atoms with Gasteiger partial charge in [0.25, 0.3) is 0 Å². The number of nitrogens with zero attached hydrogens (tertiary/aromatic N) is 2. The van der Waals surface area contributed by atoms with E-state index in [0.717, 1.165) is 38.5 Å². The molecule has 2 heterocycles. The number of benzene rings is 1. The molecule has 2 saturated heterocycles. The van der Waals surface area contributed by atoms with Crippen LogP contribution in [0.2, 0.25) is 0 Å². The Morgan fingerprint density at radius 3 is 2.47 bits per heavy atom. The number of urea groups is 1. The lowest BCUT2D eigenvalue weighted by molar-refractivity contribution is -0.146. The molecule has 0 bridgehead atoms. The van der Waals surface area contributed by atoms with E-state index in [4.69, 9.17) is 4.74 Å². The van der Waals surface area contributed by atoms with Crippen molar-refractivity contribution in [1.82, 2.24) is 15.1 Å². The SMILES string of the molecule is O=C(NCC1CCCO1)C1CN(C(=O)Nc2ccc(F)cc2)CCN1C(=O)C1CCCC1. The summed E-state index contributed by atoms with van der Waals surface area (Å²) in [7, 11) is 0. The van der Waals surface area contributed by atoms with Gasteiger partial charge in [-0.05, 0) is 49.9 Å². The number of carbonyl (C=O) groups is 3. The van der Waals surface area contributed by atoms with E-state index >= 15 is 0 Å². The van der Waals surface area contributed by atoms with Crippen LogP contribution in [0, 0.1) is 11.7 Å². The highest BCUT2D eigenvalue weighted by Gasteiger charge is 2.40. The quantitative estimate of drug-likeness (QED) is 0.727. The number of hydrogen-bond donors (Lipinski definition) is 2. The summed E-state index contributed by atoms with van der Waals surface area (Å²) >= 11 is 0. The van der Waals surface area contributed by atoms with Crippen LogP contribution in [0.1, 0.15) is 38.5 Å². The van der Waals surface area contributed by atoms with E-state index in [1.54, 1.807) is 4.90 Å². The Morgan fingerprint density at radius 1 is 1.03 bits per heavy atom. The first kappa shape index (κ1) is 22.5. The van der Waals surface area contributed by atoms with Crippen molar-refractivity contribution in [3.8, 4) is 0 Å². The molecular formula is C23H31FN4O4. The van der Waals surface area contributed by atoms with Gasteiger partial charge in [-0.3, -0.25) is 9.59 Å². The maximum atomic E-state index is 13.1. The van der Waals surface area contributed by atoms with Crippen LogP contribution in [-0.4, -0.2) is 72.6 Å². The molecule has 2 N–H and O–H groups in total. The molecule has 0 aromatic heterocycles. The van der Waals surface area contributed by atoms with Gasteiger partial charge >= 0.3 is 6.03 Å². The number of halogens is 1. The van der Waals surface area contributed by atoms with Crippen LogP contribution in [0.5, 0.6) is 0 Å². The zero-order valence-electron chi connectivity index (χ0n) is 18.2. The molecular weight excluding hydrogens is 415 g/mol. The van der Waals surface area contributed by atoms with Gasteiger partial charge in [-0.25, -0.2) is 9.18 Å². The highest BCUT2D eigenvalue weighted by molar-refractivity contribution is 5.92. The molecule has 4 rings (SSSR count). The topological polar surface area (TPSA) is 91.0 Å². The predicted octanol–water partition coefficient (Wildman–Crippen LogP) is 2.36. The van der Waals surface area contributed by atoms with E-state index in [-0.39, 0.29) is 42.2 Å². The van der Waals surface area contributed by atoms with E-state index in [9.17, 15) is 18.8 Å². The van der Waals surface area contributed by atoms with E-state index in [0.29, 0.717) is 31.9 Å². The Hall–Kier alpha value is -2.68. The first-order valence-corrected chi connectivity index (χ1v) is 11.5. The van der Waals surface area contributed by atoms with Crippen LogP contribution in [0.15, 0.2) is 24.3 Å². The van der Waals surface area contributed by atoms with Crippen molar-refractivity contribution < 1.29 is 23.5 Å². The molecule has 0 radical (unpaired) electrons. The summed E-state index contributed by atoms with van der Waals surface area (Å²) in [6, 6.07) is 4.40. The molecule has 3 fully saturated rings. The summed E-state index contributed by atoms with van der Waals surface area (Å²) in [6.07, 6.45) is 5.66. The predicted molar refractivity (Wildman–Crippen MR) is 116 cm³/mol. The van der Waals surface area contributed by atoms with Crippen LogP contribution in [0.25, 0.3) is 0 Å². The van der Waals surface area contributed by atoms with Crippen LogP contribution in [0.3, 0.4) is 0 Å². The van der Waals surface area contributed by atoms with Gasteiger partial charge in [0.2, 0.25) is 11.8 Å². The van der Waals surface area contributed by atoms with E-state index < -0.39 is 6.04 Å². The molecule has 8 nitrogen and oxygen atoms in total. The Balaban J connectivity index is 1.42. The fraction of sp³-hybridized carbons (Fsp3) is 0.609. The van der Waals surface area contributed by atoms with Crippen molar-refractivity contribution in [1.29, 1.82) is 0 Å². The first-order valence-electron chi connectivity index (χ1n) is 11.5. The summed E-state index contributed by atoms with van der Waals surface area (Å²) in [5, 5.41) is 5.67. The third-order valence-electron chi connectivity index (χ3n) is 6.58. The zero-order chi connectivity index (χ0) is 22.5. The van der Waals surface area contributed by atoms with Gasteiger partial charge in [0, 0.05) is 37.8 Å². The average molecular weight is 447 g/mol. The van der Waals surface area contributed by atoms with Gasteiger partial charge in [0.15, 0.2) is 0 Å². The number of hydrogen-bond acceptors (Lipinski definition) is 4. The minimum absolute atomic E-state index is 0.000554. The van der Waals surface area contributed by atoms with Crippen molar-refractivity contribution in [2.75, 3.05) is 38.1 Å². The Labute approximate surface area is 187 Å². The fourth-order valence-electron chi connectivity index (χ4n) is 4.74. The minimum atomic E-state index is -0.739. The summed E-state index contributed by atoms with van der Waals surface area (Å²) in [6.45, 7) is 1.87. The second-order valence-electron chi connectivity index (χ2n) is 8.79. The van der Waals surface area contributed by atoms with Crippen LogP contribution in [0.4, 0.5) is 14.9 Å². The van der Waals surface area contributed by atoms with E-state index in [2.05, 4.69) is 10.6 Å². The number of rotatable bonds is 5. The smallest absolute Gasteiger partial charge is 0.321 e. The standard InChI is InChI=1S/C23H31FN4O4/c24-17-7-9-18(10-8-17)26-23(31)27-11-12-28(22(30)16-4-1-2-5-16)20(15-27)21(29)25-14-19-6-3-13-32-19/h7-10,16,19-20H,1-6,11-15H2,(H,25,29)(H,26,31). The Bertz CT molecular complexity index is 822. The lowest BCUT2D eigenvalue weighted by atomic mass is 10.0. The number of carbonyl (C=O) groups excluding carboxylic acids is 3. The van der Waals surface area contributed by atoms with Crippen molar-refractivity contribution >= 4 is 23.5 Å². The molecule has 9 heteroatoms. The average Bonchev–Trinajstić information content (AvgIpc) is 3.52. The van der Waals surface area contributed by atoms with Gasteiger partial charge < -0.3 is 25.2 Å². The van der Waals surface area contributed by atoms with Crippen molar-refractivity contribution in [2.24, 2.45) is 5.92 Å². The maximum Gasteiger partial charge on any atom is 0.321 e. The lowest BCUT2D eigenvalue weighted by Gasteiger charge is -2.41. The lowest BCUT2D eigenvalue weighted by Crippen LogP contribution is -2.63. The molecule has 1 aromatic carbocycles. The van der Waals surface area contributed by atoms with Crippen molar-refractivity contribution in [3.63, 3.8) is 0 Å². The molecule has 2 aliphatic heterocycles. The van der Waals surface area contributed by atoms with Crippen molar-refractivity contribution in [3.05, 3.63) is 30.1 Å². The van der Waals surface area contributed by atoms with Gasteiger partial charge in [0.05, 0.1) is 12.6 Å². The van der Waals surface area contributed by atoms with Gasteiger partial charge in [-0.2, -0.15) is 0 Å². The molecule has 2 unspecified atom stereocenters. The minimum Gasteiger partial charge on any atom is -0.376 e. The molecule has 0 spiro atoms. The molecule has 1 aromatic rings. The molecule has 2 atom stereocenters. The molecule has 1 aliphatic carbocycles. The summed E-state index contributed by atoms with van der Waals surface area (Å²) < 4.78 is 18.7. The Morgan fingerprint density at radius 2 is 1.78 bits per heavy atom. The zero-order valence-corrected chi connectivity index (χ0v) is 18.2. The summed E-state index contributed by atoms with van der Waals surface area (Å²) in [4.78, 5) is 42.2. The number of amides is 4. The van der Waals surface area contributed by atoms with E-state index in [1.807, 2.05) is 0 Å². The van der Waals surface area contributed by atoms with Gasteiger partial charge in [-0.15, -0.1) is 0 Å². The molecule has 4 amide bonds. The van der Waals surface area contributed by atoms with Crippen molar-refractivity contribution in [2.45, 2.75) is 50.7 Å². The molecule has 3 aliphatic rings. The fourth-order valence-corrected chi connectivity index (χ4v) is 4.74. The molecule has 174 valence electrons. The second kappa shape index (κ2) is 10.3. The first-order chi connectivity index (χ1) is 15.5. The van der Waals surface area contributed by atoms with Crippen LogP contribution >= 0.6 is 0 Å². The Kier molecular flexibility index (Phi) is 7.24. The number of nitrogens with one attached hydrogen (secondary N) is 2. The highest BCUT2D eigenvalue weighted by Crippen LogP contribution is 2.28. The number of anilines is 1. The van der Waals surface area contributed by atoms with Crippen LogP contribution < -0.4 is 10.6 Å². The highest BCUT2D eigenvalue weighted by atomic mass is 19.1. The largest absolute Gasteiger partial charge is 0.376 e. The van der Waals surface area contributed by atoms with E-state index in [1.165, 1.54) is 29.2 Å². The van der Waals surface area contributed by atoms with Gasteiger partial charge in [-0.1, -0.05) is 12.8 Å². The molecule has 1 saturated carbocycles. The number of piperazine rings is 1. The molecule has 32 heavy (non-hydrogen) atoms. The second-order valence-corrected chi connectivity index (χ2v) is 8.79. The van der Waals surface area contributed by atoms with Gasteiger partial charge in [0.1, 0.15) is 11.9 Å². The third-order valence-corrected chi connectivity index (χ3v) is 6.58. The van der Waals surface area contributed by atoms with Crippen LogP contribution in [-0.2, 0) is 14.3 Å². The normalized spacial score (nSPS) is 23.9. The monoisotopic (exact) mass is 446 g/mol.